The summed E-state index contributed by atoms with van der Waals surface area (Å²) in [6.07, 6.45) is 0.828. The van der Waals surface area contributed by atoms with E-state index in [1.54, 1.807) is 17.0 Å². The van der Waals surface area contributed by atoms with Crippen LogP contribution in [0.25, 0.3) is 0 Å². The van der Waals surface area contributed by atoms with Crippen molar-refractivity contribution in [3.63, 3.8) is 0 Å². The summed E-state index contributed by atoms with van der Waals surface area (Å²) < 4.78 is 18.3. The van der Waals surface area contributed by atoms with Crippen molar-refractivity contribution < 1.29 is 19.0 Å². The van der Waals surface area contributed by atoms with Crippen molar-refractivity contribution in [1.29, 1.82) is 0 Å². The van der Waals surface area contributed by atoms with Crippen LogP contribution in [0, 0.1) is 5.82 Å². The Hall–Kier alpha value is -1.66. The van der Waals surface area contributed by atoms with Crippen molar-refractivity contribution in [2.75, 3.05) is 19.6 Å². The highest BCUT2D eigenvalue weighted by molar-refractivity contribution is 5.68. The fourth-order valence-corrected chi connectivity index (χ4v) is 2.72. The van der Waals surface area contributed by atoms with Gasteiger partial charge in [-0.2, -0.15) is 0 Å². The smallest absolute Gasteiger partial charge is 0.410 e. The third kappa shape index (κ3) is 5.76. The summed E-state index contributed by atoms with van der Waals surface area (Å²) in [6, 6.07) is 5.94. The summed E-state index contributed by atoms with van der Waals surface area (Å²) in [5, 5.41) is 13.5. The van der Waals surface area contributed by atoms with Crippen LogP contribution in [0.5, 0.6) is 0 Å². The predicted molar refractivity (Wildman–Crippen MR) is 90.2 cm³/mol. The van der Waals surface area contributed by atoms with Crippen LogP contribution in [-0.4, -0.2) is 47.4 Å². The molecule has 2 atom stereocenters. The Labute approximate surface area is 142 Å². The van der Waals surface area contributed by atoms with Gasteiger partial charge in [0.15, 0.2) is 0 Å². The minimum absolute atomic E-state index is 0.112. The van der Waals surface area contributed by atoms with E-state index in [0.29, 0.717) is 25.2 Å². The van der Waals surface area contributed by atoms with E-state index >= 15 is 0 Å². The van der Waals surface area contributed by atoms with E-state index < -0.39 is 11.7 Å². The van der Waals surface area contributed by atoms with Crippen LogP contribution in [-0.2, 0) is 4.74 Å². The van der Waals surface area contributed by atoms with Gasteiger partial charge in [-0.15, -0.1) is 0 Å². The van der Waals surface area contributed by atoms with Crippen LogP contribution in [0.4, 0.5) is 9.18 Å². The van der Waals surface area contributed by atoms with E-state index in [1.807, 2.05) is 20.8 Å². The summed E-state index contributed by atoms with van der Waals surface area (Å²) in [6.45, 7) is 7.16. The first-order valence-corrected chi connectivity index (χ1v) is 8.39. The number of piperidine rings is 1. The van der Waals surface area contributed by atoms with E-state index in [0.717, 1.165) is 12.8 Å². The number of hydrogen-bond donors (Lipinski definition) is 2. The van der Waals surface area contributed by atoms with Gasteiger partial charge in [0, 0.05) is 25.7 Å². The second-order valence-corrected chi connectivity index (χ2v) is 7.24. The summed E-state index contributed by atoms with van der Waals surface area (Å²) in [7, 11) is 0. The molecule has 1 saturated heterocycles. The molecule has 2 unspecified atom stereocenters. The lowest BCUT2D eigenvalue weighted by molar-refractivity contribution is 0.0183. The Morgan fingerprint density at radius 3 is 2.71 bits per heavy atom. The molecular formula is C18H27FN2O3. The van der Waals surface area contributed by atoms with Crippen molar-refractivity contribution in [3.8, 4) is 0 Å². The Kier molecular flexibility index (Phi) is 6.18. The maximum Gasteiger partial charge on any atom is 0.410 e. The molecular weight excluding hydrogens is 311 g/mol. The van der Waals surface area contributed by atoms with E-state index in [1.165, 1.54) is 12.1 Å². The number of amides is 1. The summed E-state index contributed by atoms with van der Waals surface area (Å²) >= 11 is 0. The van der Waals surface area contributed by atoms with E-state index in [9.17, 15) is 14.3 Å². The van der Waals surface area contributed by atoms with Crippen molar-refractivity contribution >= 4 is 6.09 Å². The summed E-state index contributed by atoms with van der Waals surface area (Å²) in [5.74, 6) is -0.320. The highest BCUT2D eigenvalue weighted by Gasteiger charge is 2.27. The van der Waals surface area contributed by atoms with Crippen LogP contribution < -0.4 is 5.32 Å². The average Bonchev–Trinajstić information content (AvgIpc) is 2.52. The maximum absolute atomic E-state index is 12.9. The van der Waals surface area contributed by atoms with Gasteiger partial charge in [0.2, 0.25) is 0 Å². The highest BCUT2D eigenvalue weighted by atomic mass is 19.1. The first-order valence-electron chi connectivity index (χ1n) is 8.39. The van der Waals surface area contributed by atoms with Crippen molar-refractivity contribution in [2.45, 2.75) is 51.4 Å². The Balaban J connectivity index is 1.82. The number of benzene rings is 1. The van der Waals surface area contributed by atoms with Crippen LogP contribution in [0.3, 0.4) is 0 Å². The number of ether oxygens (including phenoxy) is 1. The van der Waals surface area contributed by atoms with Gasteiger partial charge in [-0.05, 0) is 51.3 Å². The van der Waals surface area contributed by atoms with Crippen LogP contribution >= 0.6 is 0 Å². The summed E-state index contributed by atoms with van der Waals surface area (Å²) in [5.41, 5.74) is 0.166. The molecule has 1 fully saturated rings. The number of rotatable bonds is 4. The van der Waals surface area contributed by atoms with Gasteiger partial charge in [0.25, 0.3) is 0 Å². The molecule has 2 N–H and O–H groups in total. The molecule has 0 aromatic heterocycles. The molecule has 0 spiro atoms. The SMILES string of the molecule is CC(C)(C)OC(=O)N1CCCC(NCC(O)c2ccc(F)cc2)C1. The number of carbonyl (C=O) groups is 1. The minimum Gasteiger partial charge on any atom is -0.444 e. The van der Waals surface area contributed by atoms with Gasteiger partial charge >= 0.3 is 6.09 Å². The zero-order valence-corrected chi connectivity index (χ0v) is 14.6. The van der Waals surface area contributed by atoms with E-state index in [-0.39, 0.29) is 18.0 Å². The number of aliphatic hydroxyl groups excluding tert-OH is 1. The minimum atomic E-state index is -0.706. The number of likely N-dealkylation sites (tertiary alicyclic amines) is 1. The lowest BCUT2D eigenvalue weighted by Gasteiger charge is -2.34. The van der Waals surface area contributed by atoms with Crippen molar-refractivity contribution in [2.24, 2.45) is 0 Å². The van der Waals surface area contributed by atoms with Gasteiger partial charge in [-0.25, -0.2) is 9.18 Å². The largest absolute Gasteiger partial charge is 0.444 e. The van der Waals surface area contributed by atoms with E-state index in [2.05, 4.69) is 5.32 Å². The van der Waals surface area contributed by atoms with E-state index in [4.69, 9.17) is 4.74 Å². The van der Waals surface area contributed by atoms with Gasteiger partial charge < -0.3 is 20.1 Å². The van der Waals surface area contributed by atoms with Crippen LogP contribution in [0.1, 0.15) is 45.3 Å². The zero-order chi connectivity index (χ0) is 17.7. The molecule has 1 aliphatic rings. The molecule has 0 saturated carbocycles. The fourth-order valence-electron chi connectivity index (χ4n) is 2.72. The Bertz CT molecular complexity index is 542. The molecule has 0 radical (unpaired) electrons. The highest BCUT2D eigenvalue weighted by Crippen LogP contribution is 2.17. The number of nitrogens with zero attached hydrogens (tertiary/aromatic N) is 1. The monoisotopic (exact) mass is 338 g/mol. The lowest BCUT2D eigenvalue weighted by atomic mass is 10.0. The third-order valence-corrected chi connectivity index (χ3v) is 3.93. The molecule has 2 rings (SSSR count). The second-order valence-electron chi connectivity index (χ2n) is 7.24. The molecule has 134 valence electrons. The van der Waals surface area contributed by atoms with Gasteiger partial charge in [-0.1, -0.05) is 12.1 Å². The molecule has 0 aliphatic carbocycles. The van der Waals surface area contributed by atoms with Crippen molar-refractivity contribution in [3.05, 3.63) is 35.6 Å². The standard InChI is InChI=1S/C18H27FN2O3/c1-18(2,3)24-17(23)21-10-4-5-15(12-21)20-11-16(22)13-6-8-14(19)9-7-13/h6-9,15-16,20,22H,4-5,10-12H2,1-3H3. The molecule has 1 aromatic carbocycles. The number of hydrogen-bond acceptors (Lipinski definition) is 4. The third-order valence-electron chi connectivity index (χ3n) is 3.93. The quantitative estimate of drug-likeness (QED) is 0.886. The average molecular weight is 338 g/mol. The number of carbonyl (C=O) groups excluding carboxylic acids is 1. The summed E-state index contributed by atoms with van der Waals surface area (Å²) in [4.78, 5) is 13.8. The number of nitrogens with one attached hydrogen (secondary N) is 1. The molecule has 5 nitrogen and oxygen atoms in total. The molecule has 0 bridgehead atoms. The second kappa shape index (κ2) is 7.94. The molecule has 1 aliphatic heterocycles. The lowest BCUT2D eigenvalue weighted by Crippen LogP contribution is -2.50. The Morgan fingerprint density at radius 2 is 2.08 bits per heavy atom. The topological polar surface area (TPSA) is 61.8 Å². The predicted octanol–water partition coefficient (Wildman–Crippen LogP) is 2.85. The number of halogens is 1. The molecule has 1 aromatic rings. The normalized spacial score (nSPS) is 19.9. The molecule has 1 amide bonds. The van der Waals surface area contributed by atoms with Crippen molar-refractivity contribution in [1.82, 2.24) is 10.2 Å². The van der Waals surface area contributed by atoms with Crippen LogP contribution in [0.15, 0.2) is 24.3 Å². The molecule has 6 heteroatoms. The van der Waals surface area contributed by atoms with Gasteiger partial charge in [-0.3, -0.25) is 0 Å². The molecule has 1 heterocycles. The first kappa shape index (κ1) is 18.7. The van der Waals surface area contributed by atoms with Gasteiger partial charge in [0.1, 0.15) is 11.4 Å². The zero-order valence-electron chi connectivity index (χ0n) is 14.6. The van der Waals surface area contributed by atoms with Crippen LogP contribution in [0.2, 0.25) is 0 Å². The Morgan fingerprint density at radius 1 is 1.42 bits per heavy atom. The fraction of sp³-hybridized carbons (Fsp3) is 0.611. The maximum atomic E-state index is 12.9. The van der Waals surface area contributed by atoms with Gasteiger partial charge in [0.05, 0.1) is 6.10 Å². The number of aliphatic hydroxyl groups is 1. The molecule has 24 heavy (non-hydrogen) atoms. The first-order chi connectivity index (χ1) is 11.2.